The summed E-state index contributed by atoms with van der Waals surface area (Å²) >= 11 is 0. The van der Waals surface area contributed by atoms with Gasteiger partial charge in [-0.05, 0) is 43.3 Å². The van der Waals surface area contributed by atoms with Crippen molar-refractivity contribution in [2.24, 2.45) is 0 Å². The molecule has 0 saturated heterocycles. The summed E-state index contributed by atoms with van der Waals surface area (Å²) in [6, 6.07) is 19.1. The van der Waals surface area contributed by atoms with E-state index in [2.05, 4.69) is 11.4 Å². The summed E-state index contributed by atoms with van der Waals surface area (Å²) in [6.07, 6.45) is 0.943. The van der Waals surface area contributed by atoms with Gasteiger partial charge in [-0.3, -0.25) is 0 Å². The van der Waals surface area contributed by atoms with E-state index in [0.29, 0.717) is 18.8 Å². The van der Waals surface area contributed by atoms with Gasteiger partial charge in [-0.25, -0.2) is 0 Å². The Morgan fingerprint density at radius 1 is 0.864 bits per heavy atom. The summed E-state index contributed by atoms with van der Waals surface area (Å²) in [5.74, 6) is 1.64. The Kier molecular flexibility index (Phi) is 6.80. The summed E-state index contributed by atoms with van der Waals surface area (Å²) in [6.45, 7) is 2.92. The highest BCUT2D eigenvalue weighted by atomic mass is 16.5. The maximum atomic E-state index is 8.81. The minimum Gasteiger partial charge on any atom is -0.494 e. The van der Waals surface area contributed by atoms with Gasteiger partial charge in [-0.1, -0.05) is 24.3 Å². The molecule has 0 radical (unpaired) electrons. The number of para-hydroxylation sites is 1. The Balaban J connectivity index is 1.50. The summed E-state index contributed by atoms with van der Waals surface area (Å²) in [5, 5.41) is 12.1. The molecular formula is C18H20N2O2. The molecule has 4 nitrogen and oxygen atoms in total. The molecule has 0 amide bonds. The number of nitriles is 1. The Morgan fingerprint density at radius 3 is 2.45 bits per heavy atom. The topological polar surface area (TPSA) is 54.3 Å². The maximum absolute atomic E-state index is 8.81. The zero-order chi connectivity index (χ0) is 15.5. The third kappa shape index (κ3) is 5.86. The van der Waals surface area contributed by atoms with E-state index in [4.69, 9.17) is 14.7 Å². The summed E-state index contributed by atoms with van der Waals surface area (Å²) in [4.78, 5) is 0. The molecule has 0 spiro atoms. The van der Waals surface area contributed by atoms with Crippen LogP contribution in [0.4, 0.5) is 0 Å². The third-order valence-electron chi connectivity index (χ3n) is 3.02. The Labute approximate surface area is 131 Å². The minimum absolute atomic E-state index is 0.578. The number of benzene rings is 2. The number of hydrogen-bond donors (Lipinski definition) is 1. The monoisotopic (exact) mass is 296 g/mol. The average molecular weight is 296 g/mol. The van der Waals surface area contributed by atoms with Crippen molar-refractivity contribution >= 4 is 0 Å². The molecule has 0 aliphatic heterocycles. The van der Waals surface area contributed by atoms with E-state index in [0.717, 1.165) is 31.0 Å². The third-order valence-corrected chi connectivity index (χ3v) is 3.02. The molecule has 0 bridgehead atoms. The molecule has 2 aromatic rings. The fourth-order valence-electron chi connectivity index (χ4n) is 1.93. The quantitative estimate of drug-likeness (QED) is 0.723. The highest BCUT2D eigenvalue weighted by Gasteiger charge is 1.96. The van der Waals surface area contributed by atoms with Crippen molar-refractivity contribution in [1.82, 2.24) is 5.32 Å². The van der Waals surface area contributed by atoms with Crippen LogP contribution in [-0.4, -0.2) is 26.3 Å². The lowest BCUT2D eigenvalue weighted by molar-refractivity contribution is 0.294. The minimum atomic E-state index is 0.578. The van der Waals surface area contributed by atoms with E-state index < -0.39 is 0 Å². The number of nitrogens with one attached hydrogen (secondary N) is 1. The van der Waals surface area contributed by atoms with Gasteiger partial charge in [0.15, 0.2) is 0 Å². The maximum Gasteiger partial charge on any atom is 0.120 e. The van der Waals surface area contributed by atoms with Crippen molar-refractivity contribution in [1.29, 1.82) is 5.26 Å². The largest absolute Gasteiger partial charge is 0.494 e. The van der Waals surface area contributed by atoms with Gasteiger partial charge >= 0.3 is 0 Å². The predicted molar refractivity (Wildman–Crippen MR) is 86.1 cm³/mol. The van der Waals surface area contributed by atoms with Crippen molar-refractivity contribution < 1.29 is 9.47 Å². The van der Waals surface area contributed by atoms with E-state index in [1.165, 1.54) is 0 Å². The fourth-order valence-corrected chi connectivity index (χ4v) is 1.93. The second-order valence-electron chi connectivity index (χ2n) is 4.75. The molecule has 1 N–H and O–H groups in total. The van der Waals surface area contributed by atoms with Crippen LogP contribution < -0.4 is 14.8 Å². The van der Waals surface area contributed by atoms with Crippen LogP contribution in [0.3, 0.4) is 0 Å². The van der Waals surface area contributed by atoms with Crippen molar-refractivity contribution in [3.05, 3.63) is 60.2 Å². The van der Waals surface area contributed by atoms with Gasteiger partial charge in [-0.15, -0.1) is 0 Å². The van der Waals surface area contributed by atoms with Crippen LogP contribution in [0.5, 0.6) is 11.5 Å². The highest BCUT2D eigenvalue weighted by molar-refractivity contribution is 5.36. The van der Waals surface area contributed by atoms with Crippen molar-refractivity contribution in [2.45, 2.75) is 6.42 Å². The molecule has 2 aromatic carbocycles. The standard InChI is InChI=1S/C18H20N2O2/c19-15-16-6-4-9-18(14-16)22-13-11-20-10-5-12-21-17-7-2-1-3-8-17/h1-4,6-9,14,20H,5,10-13H2. The summed E-state index contributed by atoms with van der Waals surface area (Å²) in [7, 11) is 0. The molecule has 2 rings (SSSR count). The van der Waals surface area contributed by atoms with E-state index in [9.17, 15) is 0 Å². The van der Waals surface area contributed by atoms with Crippen molar-refractivity contribution in [3.63, 3.8) is 0 Å². The summed E-state index contributed by atoms with van der Waals surface area (Å²) < 4.78 is 11.2. The van der Waals surface area contributed by atoms with Crippen LogP contribution in [0.25, 0.3) is 0 Å². The van der Waals surface area contributed by atoms with Crippen LogP contribution in [-0.2, 0) is 0 Å². The second-order valence-corrected chi connectivity index (χ2v) is 4.75. The number of hydrogen-bond acceptors (Lipinski definition) is 4. The first-order valence-electron chi connectivity index (χ1n) is 7.40. The molecule has 0 atom stereocenters. The second kappa shape index (κ2) is 9.43. The normalized spacial score (nSPS) is 9.95. The molecule has 0 aromatic heterocycles. The first-order valence-corrected chi connectivity index (χ1v) is 7.40. The Bertz CT molecular complexity index is 594. The molecule has 0 heterocycles. The summed E-state index contributed by atoms with van der Waals surface area (Å²) in [5.41, 5.74) is 0.614. The molecule has 114 valence electrons. The van der Waals surface area contributed by atoms with Gasteiger partial charge in [0.05, 0.1) is 18.2 Å². The van der Waals surface area contributed by atoms with Gasteiger partial charge in [-0.2, -0.15) is 5.26 Å². The van der Waals surface area contributed by atoms with Crippen LogP contribution in [0.1, 0.15) is 12.0 Å². The molecule has 0 unspecified atom stereocenters. The van der Waals surface area contributed by atoms with E-state index >= 15 is 0 Å². The zero-order valence-corrected chi connectivity index (χ0v) is 12.5. The molecule has 22 heavy (non-hydrogen) atoms. The first kappa shape index (κ1) is 15.9. The van der Waals surface area contributed by atoms with Gasteiger partial charge in [0, 0.05) is 6.54 Å². The first-order chi connectivity index (χ1) is 10.9. The number of ether oxygens (including phenoxy) is 2. The lowest BCUT2D eigenvalue weighted by Gasteiger charge is -2.08. The lowest BCUT2D eigenvalue weighted by Crippen LogP contribution is -2.23. The molecule has 0 aliphatic rings. The molecule has 4 heteroatoms. The Hall–Kier alpha value is -2.51. The smallest absolute Gasteiger partial charge is 0.120 e. The van der Waals surface area contributed by atoms with Crippen LogP contribution >= 0.6 is 0 Å². The van der Waals surface area contributed by atoms with Crippen LogP contribution in [0, 0.1) is 11.3 Å². The lowest BCUT2D eigenvalue weighted by atomic mass is 10.2. The van der Waals surface area contributed by atoms with Gasteiger partial charge in [0.2, 0.25) is 0 Å². The Morgan fingerprint density at radius 2 is 1.64 bits per heavy atom. The van der Waals surface area contributed by atoms with Gasteiger partial charge < -0.3 is 14.8 Å². The zero-order valence-electron chi connectivity index (χ0n) is 12.5. The molecule has 0 saturated carbocycles. The highest BCUT2D eigenvalue weighted by Crippen LogP contribution is 2.12. The van der Waals surface area contributed by atoms with Crippen LogP contribution in [0.15, 0.2) is 54.6 Å². The van der Waals surface area contributed by atoms with Crippen molar-refractivity contribution in [2.75, 3.05) is 26.3 Å². The van der Waals surface area contributed by atoms with E-state index in [1.54, 1.807) is 12.1 Å². The molecule has 0 fully saturated rings. The molecular weight excluding hydrogens is 276 g/mol. The predicted octanol–water partition coefficient (Wildman–Crippen LogP) is 3.00. The van der Waals surface area contributed by atoms with Gasteiger partial charge in [0.1, 0.15) is 18.1 Å². The number of rotatable bonds is 9. The van der Waals surface area contributed by atoms with Crippen LogP contribution in [0.2, 0.25) is 0 Å². The van der Waals surface area contributed by atoms with Crippen molar-refractivity contribution in [3.8, 4) is 17.6 Å². The molecule has 0 aliphatic carbocycles. The SMILES string of the molecule is N#Cc1cccc(OCCNCCCOc2ccccc2)c1. The average Bonchev–Trinajstić information content (AvgIpc) is 2.58. The number of nitrogens with zero attached hydrogens (tertiary/aromatic N) is 1. The fraction of sp³-hybridized carbons (Fsp3) is 0.278. The van der Waals surface area contributed by atoms with E-state index in [1.807, 2.05) is 42.5 Å². The van der Waals surface area contributed by atoms with E-state index in [-0.39, 0.29) is 0 Å². The van der Waals surface area contributed by atoms with Gasteiger partial charge in [0.25, 0.3) is 0 Å².